The van der Waals surface area contributed by atoms with Crippen LogP contribution in [-0.4, -0.2) is 46.4 Å². The zero-order valence-electron chi connectivity index (χ0n) is 17.3. The second kappa shape index (κ2) is 7.21. The van der Waals surface area contributed by atoms with Gasteiger partial charge in [0.05, 0.1) is 11.6 Å². The standard InChI is InChI=1S/C24H28N4O/c1-17-9-10-20(27-15-19(16-27)24(29)26-11-5-3-6-12-26)14-21(17)23-18(2)28-13-7-4-8-22(28)25-23/h4,7-10,13-14,19H,3,5-6,11-12,15-16H2,1-2H3. The molecule has 1 aromatic carbocycles. The lowest BCUT2D eigenvalue weighted by Crippen LogP contribution is -2.55. The number of amides is 1. The average Bonchev–Trinajstić information content (AvgIpc) is 3.05. The highest BCUT2D eigenvalue weighted by molar-refractivity contribution is 5.83. The first-order valence-corrected chi connectivity index (χ1v) is 10.7. The summed E-state index contributed by atoms with van der Waals surface area (Å²) in [6.45, 7) is 7.79. The van der Waals surface area contributed by atoms with E-state index >= 15 is 0 Å². The van der Waals surface area contributed by atoms with Crippen molar-refractivity contribution in [3.63, 3.8) is 0 Å². The third-order valence-corrected chi connectivity index (χ3v) is 6.51. The second-order valence-electron chi connectivity index (χ2n) is 8.46. The summed E-state index contributed by atoms with van der Waals surface area (Å²) in [4.78, 5) is 22.0. The van der Waals surface area contributed by atoms with E-state index in [1.807, 2.05) is 18.2 Å². The number of rotatable bonds is 3. The van der Waals surface area contributed by atoms with Gasteiger partial charge in [0.25, 0.3) is 0 Å². The van der Waals surface area contributed by atoms with E-state index in [0.29, 0.717) is 5.91 Å². The van der Waals surface area contributed by atoms with Crippen LogP contribution >= 0.6 is 0 Å². The van der Waals surface area contributed by atoms with Gasteiger partial charge in [0.15, 0.2) is 0 Å². The van der Waals surface area contributed by atoms with Gasteiger partial charge in [-0.3, -0.25) is 4.79 Å². The summed E-state index contributed by atoms with van der Waals surface area (Å²) in [5.41, 5.74) is 6.75. The van der Waals surface area contributed by atoms with E-state index in [4.69, 9.17) is 4.98 Å². The van der Waals surface area contributed by atoms with Crippen LogP contribution in [0.15, 0.2) is 42.6 Å². The predicted octanol–water partition coefficient (Wildman–Crippen LogP) is 4.07. The van der Waals surface area contributed by atoms with Crippen LogP contribution in [-0.2, 0) is 4.79 Å². The topological polar surface area (TPSA) is 40.9 Å². The summed E-state index contributed by atoms with van der Waals surface area (Å²) in [6.07, 6.45) is 5.63. The van der Waals surface area contributed by atoms with Gasteiger partial charge in [-0.1, -0.05) is 12.1 Å². The summed E-state index contributed by atoms with van der Waals surface area (Å²) in [5, 5.41) is 0. The molecule has 2 saturated heterocycles. The highest BCUT2D eigenvalue weighted by Gasteiger charge is 2.36. The quantitative estimate of drug-likeness (QED) is 0.679. The van der Waals surface area contributed by atoms with Crippen molar-refractivity contribution in [1.29, 1.82) is 0 Å². The Morgan fingerprint density at radius 1 is 1.03 bits per heavy atom. The number of hydrogen-bond acceptors (Lipinski definition) is 3. The van der Waals surface area contributed by atoms with Crippen molar-refractivity contribution in [2.24, 2.45) is 5.92 Å². The number of likely N-dealkylation sites (tertiary alicyclic amines) is 1. The fraction of sp³-hybridized carbons (Fsp3) is 0.417. The van der Waals surface area contributed by atoms with Gasteiger partial charge in [-0.05, 0) is 62.9 Å². The lowest BCUT2D eigenvalue weighted by molar-refractivity contribution is -0.137. The van der Waals surface area contributed by atoms with Gasteiger partial charge < -0.3 is 14.2 Å². The van der Waals surface area contributed by atoms with Crippen LogP contribution < -0.4 is 4.90 Å². The highest BCUT2D eigenvalue weighted by atomic mass is 16.2. The molecule has 0 aliphatic carbocycles. The van der Waals surface area contributed by atoms with Gasteiger partial charge in [-0.15, -0.1) is 0 Å². The Morgan fingerprint density at radius 3 is 2.59 bits per heavy atom. The fourth-order valence-electron chi connectivity index (χ4n) is 4.65. The molecule has 29 heavy (non-hydrogen) atoms. The minimum absolute atomic E-state index is 0.148. The maximum Gasteiger partial charge on any atom is 0.229 e. The molecule has 1 amide bonds. The lowest BCUT2D eigenvalue weighted by Gasteiger charge is -2.43. The van der Waals surface area contributed by atoms with Gasteiger partial charge in [0.2, 0.25) is 5.91 Å². The van der Waals surface area contributed by atoms with Crippen LogP contribution in [0.25, 0.3) is 16.9 Å². The molecular formula is C24H28N4O. The molecule has 2 aromatic heterocycles. The number of aryl methyl sites for hydroxylation is 2. The minimum Gasteiger partial charge on any atom is -0.370 e. The Kier molecular flexibility index (Phi) is 4.53. The molecular weight excluding hydrogens is 360 g/mol. The number of carbonyl (C=O) groups excluding carboxylic acids is 1. The zero-order chi connectivity index (χ0) is 20.0. The Hall–Kier alpha value is -2.82. The number of fused-ring (bicyclic) bond motifs is 1. The molecule has 2 aliphatic rings. The number of nitrogens with zero attached hydrogens (tertiary/aromatic N) is 4. The van der Waals surface area contributed by atoms with Crippen molar-refractivity contribution in [3.05, 3.63) is 53.9 Å². The van der Waals surface area contributed by atoms with E-state index in [2.05, 4.69) is 52.4 Å². The molecule has 5 heteroatoms. The molecule has 0 N–H and O–H groups in total. The number of pyridine rings is 1. The van der Waals surface area contributed by atoms with Gasteiger partial charge >= 0.3 is 0 Å². The van der Waals surface area contributed by atoms with E-state index in [9.17, 15) is 4.79 Å². The van der Waals surface area contributed by atoms with Crippen LogP contribution in [0.1, 0.15) is 30.5 Å². The maximum absolute atomic E-state index is 12.7. The monoisotopic (exact) mass is 388 g/mol. The summed E-state index contributed by atoms with van der Waals surface area (Å²) >= 11 is 0. The molecule has 0 unspecified atom stereocenters. The zero-order valence-corrected chi connectivity index (χ0v) is 17.3. The second-order valence-corrected chi connectivity index (χ2v) is 8.46. The molecule has 0 radical (unpaired) electrons. The smallest absolute Gasteiger partial charge is 0.229 e. The Morgan fingerprint density at radius 2 is 1.83 bits per heavy atom. The number of imidazole rings is 1. The largest absolute Gasteiger partial charge is 0.370 e. The molecule has 4 heterocycles. The van der Waals surface area contributed by atoms with Crippen LogP contribution in [0.2, 0.25) is 0 Å². The van der Waals surface area contributed by atoms with Gasteiger partial charge in [0.1, 0.15) is 5.65 Å². The highest BCUT2D eigenvalue weighted by Crippen LogP contribution is 2.33. The molecule has 0 saturated carbocycles. The first-order chi connectivity index (χ1) is 14.1. The van der Waals surface area contributed by atoms with Gasteiger partial charge in [-0.2, -0.15) is 0 Å². The van der Waals surface area contributed by atoms with Crippen LogP contribution in [0, 0.1) is 19.8 Å². The minimum atomic E-state index is 0.148. The van der Waals surface area contributed by atoms with Crippen molar-refractivity contribution >= 4 is 17.2 Å². The molecule has 150 valence electrons. The third kappa shape index (κ3) is 3.18. The summed E-state index contributed by atoms with van der Waals surface area (Å²) in [6, 6.07) is 12.7. The molecule has 5 rings (SSSR count). The Balaban J connectivity index is 1.36. The van der Waals surface area contributed by atoms with Crippen molar-refractivity contribution in [2.45, 2.75) is 33.1 Å². The number of benzene rings is 1. The molecule has 3 aromatic rings. The van der Waals surface area contributed by atoms with Crippen molar-refractivity contribution < 1.29 is 4.79 Å². The number of carbonyl (C=O) groups is 1. The lowest BCUT2D eigenvalue weighted by atomic mass is 9.95. The van der Waals surface area contributed by atoms with Crippen molar-refractivity contribution in [1.82, 2.24) is 14.3 Å². The molecule has 2 fully saturated rings. The van der Waals surface area contributed by atoms with Gasteiger partial charge in [0, 0.05) is 49.3 Å². The van der Waals surface area contributed by atoms with E-state index < -0.39 is 0 Å². The SMILES string of the molecule is Cc1ccc(N2CC(C(=O)N3CCCCC3)C2)cc1-c1nc2ccccn2c1C. The molecule has 2 aliphatic heterocycles. The van der Waals surface area contributed by atoms with E-state index in [0.717, 1.165) is 56.1 Å². The Labute approximate surface area is 172 Å². The average molecular weight is 389 g/mol. The van der Waals surface area contributed by atoms with E-state index in [-0.39, 0.29) is 5.92 Å². The third-order valence-electron chi connectivity index (χ3n) is 6.51. The first kappa shape index (κ1) is 18.2. The summed E-state index contributed by atoms with van der Waals surface area (Å²) in [7, 11) is 0. The van der Waals surface area contributed by atoms with Crippen LogP contribution in [0.4, 0.5) is 5.69 Å². The van der Waals surface area contributed by atoms with Crippen LogP contribution in [0.5, 0.6) is 0 Å². The van der Waals surface area contributed by atoms with Crippen molar-refractivity contribution in [2.75, 3.05) is 31.1 Å². The van der Waals surface area contributed by atoms with E-state index in [1.54, 1.807) is 0 Å². The summed E-state index contributed by atoms with van der Waals surface area (Å²) < 4.78 is 2.14. The van der Waals surface area contributed by atoms with E-state index in [1.165, 1.54) is 23.2 Å². The number of anilines is 1. The Bertz CT molecular complexity index is 1060. The number of aromatic nitrogens is 2. The predicted molar refractivity (Wildman–Crippen MR) is 116 cm³/mol. The van der Waals surface area contributed by atoms with Crippen molar-refractivity contribution in [3.8, 4) is 11.3 Å². The van der Waals surface area contributed by atoms with Crippen LogP contribution in [0.3, 0.4) is 0 Å². The van der Waals surface area contributed by atoms with Gasteiger partial charge in [-0.25, -0.2) is 4.98 Å². The molecule has 0 spiro atoms. The molecule has 0 atom stereocenters. The molecule has 0 bridgehead atoms. The maximum atomic E-state index is 12.7. The summed E-state index contributed by atoms with van der Waals surface area (Å²) in [5.74, 6) is 0.499. The number of piperidine rings is 1. The molecule has 5 nitrogen and oxygen atoms in total. The first-order valence-electron chi connectivity index (χ1n) is 10.7. The normalized spacial score (nSPS) is 17.6. The number of hydrogen-bond donors (Lipinski definition) is 0. The fourth-order valence-corrected chi connectivity index (χ4v) is 4.65.